The molecule has 0 radical (unpaired) electrons. The van der Waals surface area contributed by atoms with Crippen LogP contribution in [0.1, 0.15) is 92.2 Å². The fraction of sp³-hybridized carbons (Fsp3) is 0.484. The summed E-state index contributed by atoms with van der Waals surface area (Å²) in [7, 11) is 1.50. The summed E-state index contributed by atoms with van der Waals surface area (Å²) < 4.78 is 0. The molecule has 32 heavy (non-hydrogen) atoms. The third-order valence-electron chi connectivity index (χ3n) is 4.93. The van der Waals surface area contributed by atoms with Gasteiger partial charge in [0.1, 0.15) is 0 Å². The second kappa shape index (κ2) is 23.5. The summed E-state index contributed by atoms with van der Waals surface area (Å²) in [5.41, 5.74) is 11.4. The lowest BCUT2D eigenvalue weighted by Gasteiger charge is -2.11. The van der Waals surface area contributed by atoms with Gasteiger partial charge in [0.25, 0.3) is 0 Å². The van der Waals surface area contributed by atoms with Gasteiger partial charge in [0, 0.05) is 0 Å². The van der Waals surface area contributed by atoms with Crippen LogP contribution in [0.15, 0.2) is 67.3 Å². The zero-order valence-corrected chi connectivity index (χ0v) is 23.0. The largest absolute Gasteiger partial charge is 0.333 e. The summed E-state index contributed by atoms with van der Waals surface area (Å²) >= 11 is 0. The minimum atomic E-state index is 0.954. The molecule has 0 aliphatic carbocycles. The average Bonchev–Trinajstić information content (AvgIpc) is 2.87. The van der Waals surface area contributed by atoms with Crippen LogP contribution in [0.5, 0.6) is 0 Å². The van der Waals surface area contributed by atoms with E-state index in [9.17, 15) is 0 Å². The number of nitrogens with two attached hydrogens (primary N) is 1. The van der Waals surface area contributed by atoms with E-state index < -0.39 is 0 Å². The van der Waals surface area contributed by atoms with Gasteiger partial charge in [0.05, 0.1) is 0 Å². The lowest BCUT2D eigenvalue weighted by Crippen LogP contribution is -1.90. The first kappa shape index (κ1) is 34.5. The highest BCUT2D eigenvalue weighted by molar-refractivity contribution is 5.81. The summed E-state index contributed by atoms with van der Waals surface area (Å²) in [6, 6.07) is 16.9. The maximum absolute atomic E-state index is 4.50. The van der Waals surface area contributed by atoms with Gasteiger partial charge < -0.3 is 5.73 Å². The van der Waals surface area contributed by atoms with E-state index in [1.807, 2.05) is 40.7 Å². The average molecular weight is 440 g/mol. The summed E-state index contributed by atoms with van der Waals surface area (Å²) in [4.78, 5) is 0. The number of allylic oxidation sites excluding steroid dienone is 2. The highest BCUT2D eigenvalue weighted by atomic mass is 14.4. The molecule has 0 heterocycles. The Balaban J connectivity index is -0.000000507. The van der Waals surface area contributed by atoms with E-state index in [0.717, 1.165) is 17.1 Å². The number of hydrogen-bond acceptors (Lipinski definition) is 1. The van der Waals surface area contributed by atoms with Crippen LogP contribution < -0.4 is 5.73 Å². The van der Waals surface area contributed by atoms with Crippen molar-refractivity contribution in [3.05, 3.63) is 78.4 Å². The van der Waals surface area contributed by atoms with Crippen LogP contribution in [0.3, 0.4) is 0 Å². The number of unbranched alkanes of at least 4 members (excludes halogenated alkanes) is 1. The van der Waals surface area contributed by atoms with Crippen molar-refractivity contribution in [3.8, 4) is 11.1 Å². The maximum Gasteiger partial charge on any atom is -0.0152 e. The fourth-order valence-corrected chi connectivity index (χ4v) is 2.74. The van der Waals surface area contributed by atoms with E-state index >= 15 is 0 Å². The third-order valence-corrected chi connectivity index (χ3v) is 4.93. The Bertz CT molecular complexity index is 698. The van der Waals surface area contributed by atoms with Gasteiger partial charge in [0.15, 0.2) is 0 Å². The topological polar surface area (TPSA) is 26.0 Å². The van der Waals surface area contributed by atoms with Gasteiger partial charge >= 0.3 is 0 Å². The van der Waals surface area contributed by atoms with Crippen LogP contribution in [0.2, 0.25) is 0 Å². The van der Waals surface area contributed by atoms with Crippen molar-refractivity contribution in [1.82, 2.24) is 0 Å². The van der Waals surface area contributed by atoms with E-state index in [4.69, 9.17) is 0 Å². The Morgan fingerprint density at radius 2 is 1.41 bits per heavy atom. The van der Waals surface area contributed by atoms with Crippen molar-refractivity contribution in [3.63, 3.8) is 0 Å². The van der Waals surface area contributed by atoms with Gasteiger partial charge in [-0.05, 0) is 60.7 Å². The van der Waals surface area contributed by atoms with Gasteiger partial charge in [-0.15, -0.1) is 0 Å². The molecule has 1 nitrogen and oxygen atoms in total. The van der Waals surface area contributed by atoms with Crippen LogP contribution in [0, 0.1) is 12.8 Å². The molecule has 0 amide bonds. The molecule has 1 unspecified atom stereocenters. The Hall–Kier alpha value is -2.12. The van der Waals surface area contributed by atoms with Gasteiger partial charge in [-0.1, -0.05) is 135 Å². The Morgan fingerprint density at radius 1 is 0.875 bits per heavy atom. The molecule has 2 aromatic carbocycles. The fourth-order valence-electron chi connectivity index (χ4n) is 2.74. The summed E-state index contributed by atoms with van der Waals surface area (Å²) in [6.45, 7) is 27.0. The van der Waals surface area contributed by atoms with E-state index in [2.05, 4.69) is 89.1 Å². The highest BCUT2D eigenvalue weighted by Gasteiger charge is 2.06. The first-order chi connectivity index (χ1) is 15.4. The molecule has 0 saturated carbocycles. The predicted octanol–water partition coefficient (Wildman–Crippen LogP) is 10.1. The number of benzene rings is 2. The smallest absolute Gasteiger partial charge is 0.0152 e. The SMILES string of the molecule is C=C(C)C(=C)c1cc(-c2ccccc2)ccc1C.CC.CC.CCCCC(C)CC.CN. The van der Waals surface area contributed by atoms with Gasteiger partial charge in [0.2, 0.25) is 0 Å². The second-order valence-electron chi connectivity index (χ2n) is 7.31. The zero-order chi connectivity index (χ0) is 25.5. The first-order valence-electron chi connectivity index (χ1n) is 12.5. The normalized spacial score (nSPS) is 9.72. The van der Waals surface area contributed by atoms with Crippen LogP contribution >= 0.6 is 0 Å². The molecule has 2 rings (SSSR count). The molecule has 2 N–H and O–H groups in total. The minimum absolute atomic E-state index is 0.954. The van der Waals surface area contributed by atoms with Crippen molar-refractivity contribution >= 4 is 5.57 Å². The molecular formula is C31H53N. The zero-order valence-electron chi connectivity index (χ0n) is 23.0. The molecule has 0 fully saturated rings. The Morgan fingerprint density at radius 3 is 1.84 bits per heavy atom. The molecule has 0 spiro atoms. The standard InChI is InChI=1S/C18H18.C8H18.2C2H6.CH5N/c1-13(2)15(4)18-12-17(11-10-14(18)3)16-8-6-5-7-9-16;1-4-6-7-8(3)5-2;3*1-2/h5-12H,1,4H2,2-3H3;8H,4-7H2,1-3H3;2*1-2H3;2H2,1H3. The molecule has 0 saturated heterocycles. The number of hydrogen-bond donors (Lipinski definition) is 1. The quantitative estimate of drug-likeness (QED) is 0.426. The molecular weight excluding hydrogens is 386 g/mol. The van der Waals surface area contributed by atoms with E-state index in [1.165, 1.54) is 55.0 Å². The lowest BCUT2D eigenvalue weighted by molar-refractivity contribution is 0.492. The van der Waals surface area contributed by atoms with Gasteiger partial charge in [-0.3, -0.25) is 0 Å². The molecule has 1 heteroatoms. The molecule has 1 atom stereocenters. The van der Waals surface area contributed by atoms with Crippen molar-refractivity contribution in [1.29, 1.82) is 0 Å². The highest BCUT2D eigenvalue weighted by Crippen LogP contribution is 2.28. The van der Waals surface area contributed by atoms with Crippen molar-refractivity contribution in [2.45, 2.75) is 88.0 Å². The predicted molar refractivity (Wildman–Crippen MR) is 152 cm³/mol. The number of rotatable bonds is 7. The van der Waals surface area contributed by atoms with E-state index in [0.29, 0.717) is 0 Å². The number of aryl methyl sites for hydroxylation is 1. The summed E-state index contributed by atoms with van der Waals surface area (Å²) in [5, 5.41) is 0. The first-order valence-corrected chi connectivity index (χ1v) is 12.5. The summed E-state index contributed by atoms with van der Waals surface area (Å²) in [6.07, 6.45) is 5.53. The third kappa shape index (κ3) is 14.8. The summed E-state index contributed by atoms with van der Waals surface area (Å²) in [5.74, 6) is 0.954. The van der Waals surface area contributed by atoms with Crippen LogP contribution in [-0.4, -0.2) is 7.05 Å². The lowest BCUT2D eigenvalue weighted by atomic mass is 9.93. The molecule has 0 aliphatic rings. The van der Waals surface area contributed by atoms with Crippen molar-refractivity contribution < 1.29 is 0 Å². The second-order valence-corrected chi connectivity index (χ2v) is 7.31. The minimum Gasteiger partial charge on any atom is -0.333 e. The van der Waals surface area contributed by atoms with Crippen LogP contribution in [0.25, 0.3) is 16.7 Å². The van der Waals surface area contributed by atoms with Crippen LogP contribution in [0.4, 0.5) is 0 Å². The van der Waals surface area contributed by atoms with E-state index in [-0.39, 0.29) is 0 Å². The van der Waals surface area contributed by atoms with Gasteiger partial charge in [-0.25, -0.2) is 0 Å². The molecule has 0 aromatic heterocycles. The van der Waals surface area contributed by atoms with E-state index in [1.54, 1.807) is 0 Å². The molecule has 182 valence electrons. The van der Waals surface area contributed by atoms with Crippen molar-refractivity contribution in [2.75, 3.05) is 7.05 Å². The Kier molecular flexibility index (Phi) is 25.4. The molecule has 0 bridgehead atoms. The van der Waals surface area contributed by atoms with Gasteiger partial charge in [-0.2, -0.15) is 0 Å². The van der Waals surface area contributed by atoms with Crippen molar-refractivity contribution in [2.24, 2.45) is 11.7 Å². The van der Waals surface area contributed by atoms with Crippen LogP contribution in [-0.2, 0) is 0 Å². The monoisotopic (exact) mass is 439 g/mol. The maximum atomic E-state index is 4.50. The molecule has 2 aromatic rings. The Labute approximate surface area is 201 Å². The molecule has 0 aliphatic heterocycles.